The van der Waals surface area contributed by atoms with E-state index in [9.17, 15) is 4.79 Å². The quantitative estimate of drug-likeness (QED) is 0.880. The molecule has 0 amide bonds. The molecule has 0 saturated carbocycles. The summed E-state index contributed by atoms with van der Waals surface area (Å²) in [6, 6.07) is 5.24. The van der Waals surface area contributed by atoms with Crippen LogP contribution >= 0.6 is 23.2 Å². The van der Waals surface area contributed by atoms with Crippen molar-refractivity contribution in [1.82, 2.24) is 9.88 Å². The maximum absolute atomic E-state index is 12.2. The van der Waals surface area contributed by atoms with E-state index >= 15 is 0 Å². The van der Waals surface area contributed by atoms with Crippen LogP contribution in [0.2, 0.25) is 10.0 Å². The highest BCUT2D eigenvalue weighted by atomic mass is 35.5. The number of H-pyrrole nitrogens is 1. The predicted octanol–water partition coefficient (Wildman–Crippen LogP) is 2.59. The number of fused-ring (bicyclic) bond motifs is 1. The maximum Gasteiger partial charge on any atom is 0.257 e. The number of aromatic amines is 1. The highest BCUT2D eigenvalue weighted by Gasteiger charge is 2.16. The van der Waals surface area contributed by atoms with E-state index in [2.05, 4.69) is 21.8 Å². The minimum atomic E-state index is -0.152. The Morgan fingerprint density at radius 1 is 1.05 bits per heavy atom. The van der Waals surface area contributed by atoms with Gasteiger partial charge in [-0.15, -0.1) is 0 Å². The van der Waals surface area contributed by atoms with Crippen LogP contribution in [0.25, 0.3) is 10.8 Å². The Balaban J connectivity index is 2.08. The van der Waals surface area contributed by atoms with Gasteiger partial charge in [-0.3, -0.25) is 4.79 Å². The molecule has 0 spiro atoms. The van der Waals surface area contributed by atoms with Gasteiger partial charge >= 0.3 is 0 Å². The number of benzene rings is 1. The van der Waals surface area contributed by atoms with Crippen molar-refractivity contribution >= 4 is 39.8 Å². The van der Waals surface area contributed by atoms with Crippen LogP contribution in [0.3, 0.4) is 0 Å². The largest absolute Gasteiger partial charge is 0.356 e. The third-order valence-electron chi connectivity index (χ3n) is 3.71. The fourth-order valence-corrected chi connectivity index (χ4v) is 3.04. The molecule has 0 atom stereocenters. The van der Waals surface area contributed by atoms with Gasteiger partial charge in [0.2, 0.25) is 0 Å². The number of hydrogen-bond acceptors (Lipinski definition) is 3. The monoisotopic (exact) mass is 311 g/mol. The van der Waals surface area contributed by atoms with E-state index in [1.807, 2.05) is 6.07 Å². The summed E-state index contributed by atoms with van der Waals surface area (Å²) < 4.78 is 0. The van der Waals surface area contributed by atoms with Gasteiger partial charge in [0, 0.05) is 36.6 Å². The maximum atomic E-state index is 12.2. The lowest BCUT2D eigenvalue weighted by molar-refractivity contribution is 0.312. The number of pyridine rings is 1. The van der Waals surface area contributed by atoms with Gasteiger partial charge in [-0.25, -0.2) is 0 Å². The summed E-state index contributed by atoms with van der Waals surface area (Å²) in [7, 11) is 2.10. The molecule has 106 valence electrons. The molecule has 1 aromatic heterocycles. The van der Waals surface area contributed by atoms with E-state index in [4.69, 9.17) is 23.2 Å². The van der Waals surface area contributed by atoms with Gasteiger partial charge < -0.3 is 14.8 Å². The Hall–Kier alpha value is -1.23. The molecule has 1 fully saturated rings. The Kier molecular flexibility index (Phi) is 3.63. The first-order valence-corrected chi connectivity index (χ1v) is 7.26. The van der Waals surface area contributed by atoms with Crippen LogP contribution in [0.1, 0.15) is 0 Å². The van der Waals surface area contributed by atoms with E-state index in [-0.39, 0.29) is 5.56 Å². The van der Waals surface area contributed by atoms with Crippen LogP contribution in [0.5, 0.6) is 0 Å². The highest BCUT2D eigenvalue weighted by molar-refractivity contribution is 6.38. The first-order valence-electron chi connectivity index (χ1n) is 6.50. The Morgan fingerprint density at radius 3 is 2.45 bits per heavy atom. The Bertz CT molecular complexity index is 705. The van der Waals surface area contributed by atoms with E-state index in [0.29, 0.717) is 15.4 Å². The molecular formula is C14H15Cl2N3O. The summed E-state index contributed by atoms with van der Waals surface area (Å²) in [6.07, 6.45) is 0. The summed E-state index contributed by atoms with van der Waals surface area (Å²) in [5.41, 5.74) is -0.152. The smallest absolute Gasteiger partial charge is 0.257 e. The van der Waals surface area contributed by atoms with Gasteiger partial charge in [-0.2, -0.15) is 0 Å². The van der Waals surface area contributed by atoms with Gasteiger partial charge in [-0.1, -0.05) is 23.2 Å². The average molecular weight is 312 g/mol. The minimum Gasteiger partial charge on any atom is -0.356 e. The second-order valence-corrected chi connectivity index (χ2v) is 5.97. The van der Waals surface area contributed by atoms with Crippen molar-refractivity contribution in [3.63, 3.8) is 0 Å². The molecule has 20 heavy (non-hydrogen) atoms. The second kappa shape index (κ2) is 5.28. The molecule has 6 heteroatoms. The van der Waals surface area contributed by atoms with Gasteiger partial charge in [0.25, 0.3) is 5.56 Å². The van der Waals surface area contributed by atoms with Crippen molar-refractivity contribution in [2.24, 2.45) is 0 Å². The van der Waals surface area contributed by atoms with Crippen molar-refractivity contribution in [3.05, 3.63) is 38.6 Å². The number of rotatable bonds is 1. The van der Waals surface area contributed by atoms with E-state index in [1.54, 1.807) is 12.1 Å². The van der Waals surface area contributed by atoms with Crippen molar-refractivity contribution in [3.8, 4) is 0 Å². The summed E-state index contributed by atoms with van der Waals surface area (Å²) in [5.74, 6) is 0.819. The molecule has 1 N–H and O–H groups in total. The summed E-state index contributed by atoms with van der Waals surface area (Å²) in [5, 5.41) is 2.25. The number of nitrogens with zero attached hydrogens (tertiary/aromatic N) is 2. The standard InChI is InChI=1S/C14H15Cl2N3O/c1-18-2-4-19(5-3-18)13-8-10-11(14(20)17-13)6-9(15)7-12(10)16/h6-8H,2-5H2,1H3,(H,17,20). The first kappa shape index (κ1) is 13.7. The highest BCUT2D eigenvalue weighted by Crippen LogP contribution is 2.28. The van der Waals surface area contributed by atoms with Crippen LogP contribution in [-0.2, 0) is 0 Å². The molecule has 0 unspecified atom stereocenters. The summed E-state index contributed by atoms with van der Waals surface area (Å²) >= 11 is 12.2. The van der Waals surface area contributed by atoms with Gasteiger partial charge in [-0.05, 0) is 25.2 Å². The van der Waals surface area contributed by atoms with Gasteiger partial charge in [0.15, 0.2) is 0 Å². The number of anilines is 1. The third kappa shape index (κ3) is 2.51. The fraction of sp³-hybridized carbons (Fsp3) is 0.357. The molecule has 4 nitrogen and oxygen atoms in total. The van der Waals surface area contributed by atoms with E-state index in [1.165, 1.54) is 0 Å². The third-order valence-corrected chi connectivity index (χ3v) is 4.24. The zero-order chi connectivity index (χ0) is 14.3. The van der Waals surface area contributed by atoms with Crippen LogP contribution in [0, 0.1) is 0 Å². The van der Waals surface area contributed by atoms with Gasteiger partial charge in [0.1, 0.15) is 5.82 Å². The number of hydrogen-bond donors (Lipinski definition) is 1. The SMILES string of the molecule is CN1CCN(c2cc3c(Cl)cc(Cl)cc3c(=O)[nH]2)CC1. The van der Waals surface area contributed by atoms with E-state index in [0.717, 1.165) is 37.4 Å². The fourth-order valence-electron chi connectivity index (χ4n) is 2.49. The number of aromatic nitrogens is 1. The van der Waals surface area contributed by atoms with E-state index < -0.39 is 0 Å². The minimum absolute atomic E-state index is 0.152. The van der Waals surface area contributed by atoms with Crippen LogP contribution in [0.15, 0.2) is 23.0 Å². The number of nitrogens with one attached hydrogen (secondary N) is 1. The molecule has 1 aliphatic heterocycles. The zero-order valence-electron chi connectivity index (χ0n) is 11.1. The van der Waals surface area contributed by atoms with Crippen LogP contribution in [0.4, 0.5) is 5.82 Å². The number of halogens is 2. The normalized spacial score (nSPS) is 16.9. The molecule has 2 heterocycles. The molecule has 0 radical (unpaired) electrons. The molecule has 2 aromatic rings. The molecule has 3 rings (SSSR count). The molecule has 1 aromatic carbocycles. The lowest BCUT2D eigenvalue weighted by Crippen LogP contribution is -2.45. The zero-order valence-corrected chi connectivity index (χ0v) is 12.6. The van der Waals surface area contributed by atoms with Crippen molar-refractivity contribution in [2.45, 2.75) is 0 Å². The molecule has 1 saturated heterocycles. The lowest BCUT2D eigenvalue weighted by Gasteiger charge is -2.33. The van der Waals surface area contributed by atoms with Crippen molar-refractivity contribution < 1.29 is 0 Å². The number of likely N-dealkylation sites (N-methyl/N-ethyl adjacent to an activating group) is 1. The lowest BCUT2D eigenvalue weighted by atomic mass is 10.1. The average Bonchev–Trinajstić information content (AvgIpc) is 2.40. The van der Waals surface area contributed by atoms with Crippen LogP contribution < -0.4 is 10.5 Å². The van der Waals surface area contributed by atoms with Gasteiger partial charge in [0.05, 0.1) is 10.4 Å². The topological polar surface area (TPSA) is 39.3 Å². The Labute approximate surface area is 126 Å². The van der Waals surface area contributed by atoms with Crippen molar-refractivity contribution in [2.75, 3.05) is 38.1 Å². The van der Waals surface area contributed by atoms with Crippen molar-refractivity contribution in [1.29, 1.82) is 0 Å². The molecule has 1 aliphatic rings. The number of piperazine rings is 1. The summed E-state index contributed by atoms with van der Waals surface area (Å²) in [4.78, 5) is 19.6. The Morgan fingerprint density at radius 2 is 1.75 bits per heavy atom. The first-order chi connectivity index (χ1) is 9.54. The van der Waals surface area contributed by atoms with Crippen LogP contribution in [-0.4, -0.2) is 43.1 Å². The molecular weight excluding hydrogens is 297 g/mol. The molecule has 0 aliphatic carbocycles. The summed E-state index contributed by atoms with van der Waals surface area (Å²) in [6.45, 7) is 3.75. The molecule has 0 bridgehead atoms. The predicted molar refractivity (Wildman–Crippen MR) is 84.3 cm³/mol. The second-order valence-electron chi connectivity index (χ2n) is 5.12.